The zero-order chi connectivity index (χ0) is 13.5. The van der Waals surface area contributed by atoms with Crippen LogP contribution in [0.4, 0.5) is 0 Å². The summed E-state index contributed by atoms with van der Waals surface area (Å²) in [4.78, 5) is 16.9. The molecule has 0 aromatic rings. The first-order valence-electron chi connectivity index (χ1n) is 8.00. The molecule has 0 N–H and O–H groups in total. The second-order valence-corrected chi connectivity index (χ2v) is 6.24. The van der Waals surface area contributed by atoms with Crippen LogP contribution in [0.3, 0.4) is 0 Å². The molecule has 19 heavy (non-hydrogen) atoms. The van der Waals surface area contributed by atoms with E-state index in [1.165, 1.54) is 64.2 Å². The Bertz CT molecular complexity index is 313. The summed E-state index contributed by atoms with van der Waals surface area (Å²) in [6.45, 7) is 2.00. The molecule has 0 unspecified atom stereocenters. The van der Waals surface area contributed by atoms with Crippen LogP contribution in [0.2, 0.25) is 0 Å². The van der Waals surface area contributed by atoms with Gasteiger partial charge < -0.3 is 4.84 Å². The van der Waals surface area contributed by atoms with Crippen LogP contribution in [-0.2, 0) is 9.63 Å². The van der Waals surface area contributed by atoms with Crippen molar-refractivity contribution in [3.63, 3.8) is 0 Å². The highest BCUT2D eigenvalue weighted by molar-refractivity contribution is 5.84. The summed E-state index contributed by atoms with van der Waals surface area (Å²) in [6.07, 6.45) is 13.1. The second kappa shape index (κ2) is 7.66. The van der Waals surface area contributed by atoms with Crippen LogP contribution in [0.15, 0.2) is 5.16 Å². The smallest absolute Gasteiger partial charge is 0.318 e. The average Bonchev–Trinajstić information content (AvgIpc) is 2.47. The van der Waals surface area contributed by atoms with Gasteiger partial charge in [0.2, 0.25) is 0 Å². The fourth-order valence-corrected chi connectivity index (χ4v) is 3.38. The molecule has 0 heterocycles. The summed E-state index contributed by atoms with van der Waals surface area (Å²) < 4.78 is 0. The molecule has 3 heteroatoms. The van der Waals surface area contributed by atoms with E-state index in [2.05, 4.69) is 5.16 Å². The van der Waals surface area contributed by atoms with Crippen molar-refractivity contribution in [3.8, 4) is 0 Å². The molecule has 2 saturated carbocycles. The standard InChI is InChI=1S/C16H27NO2/c1-13(15-10-6-3-7-11-15)17-19-16(18)12-14-8-4-2-5-9-14/h14-15H,2-12H2,1H3/b17-13+. The molecule has 2 rings (SSSR count). The lowest BCUT2D eigenvalue weighted by atomic mass is 9.86. The minimum atomic E-state index is -0.137. The Labute approximate surface area is 116 Å². The predicted octanol–water partition coefficient (Wildman–Crippen LogP) is 4.46. The van der Waals surface area contributed by atoms with E-state index < -0.39 is 0 Å². The highest BCUT2D eigenvalue weighted by Gasteiger charge is 2.19. The highest BCUT2D eigenvalue weighted by atomic mass is 16.7. The Morgan fingerprint density at radius 3 is 2.21 bits per heavy atom. The zero-order valence-electron chi connectivity index (χ0n) is 12.2. The minimum Gasteiger partial charge on any atom is -0.318 e. The Morgan fingerprint density at radius 1 is 1.00 bits per heavy atom. The fraction of sp³-hybridized carbons (Fsp3) is 0.875. The molecule has 0 aromatic heterocycles. The van der Waals surface area contributed by atoms with Gasteiger partial charge in [-0.3, -0.25) is 0 Å². The van der Waals surface area contributed by atoms with Crippen LogP contribution < -0.4 is 0 Å². The van der Waals surface area contributed by atoms with Crippen LogP contribution in [-0.4, -0.2) is 11.7 Å². The van der Waals surface area contributed by atoms with Crippen LogP contribution in [0.1, 0.15) is 77.6 Å². The first kappa shape index (κ1) is 14.5. The molecule has 3 nitrogen and oxygen atoms in total. The molecular weight excluding hydrogens is 238 g/mol. The molecule has 2 aliphatic carbocycles. The summed E-state index contributed by atoms with van der Waals surface area (Å²) in [5.41, 5.74) is 1.01. The molecule has 0 atom stereocenters. The number of oxime groups is 1. The number of carbonyl (C=O) groups excluding carboxylic acids is 1. The normalized spacial score (nSPS) is 23.3. The van der Waals surface area contributed by atoms with Gasteiger partial charge in [0.1, 0.15) is 0 Å². The summed E-state index contributed by atoms with van der Waals surface area (Å²) in [6, 6.07) is 0. The SMILES string of the molecule is C/C(=N\OC(=O)CC1CCCCC1)C1CCCCC1. The molecule has 0 radical (unpaired) electrons. The monoisotopic (exact) mass is 265 g/mol. The average molecular weight is 265 g/mol. The first-order valence-corrected chi connectivity index (χ1v) is 8.00. The molecule has 2 aliphatic rings. The topological polar surface area (TPSA) is 38.7 Å². The number of hydrogen-bond acceptors (Lipinski definition) is 3. The van der Waals surface area contributed by atoms with Crippen LogP contribution in [0.5, 0.6) is 0 Å². The van der Waals surface area contributed by atoms with E-state index in [-0.39, 0.29) is 5.97 Å². The van der Waals surface area contributed by atoms with Gasteiger partial charge in [-0.05, 0) is 38.5 Å². The largest absolute Gasteiger partial charge is 0.335 e. The van der Waals surface area contributed by atoms with Gasteiger partial charge in [-0.1, -0.05) is 43.7 Å². The molecule has 0 aromatic carbocycles. The van der Waals surface area contributed by atoms with Crippen LogP contribution in [0, 0.1) is 11.8 Å². The van der Waals surface area contributed by atoms with Crippen molar-refractivity contribution in [2.45, 2.75) is 77.6 Å². The molecule has 2 fully saturated rings. The van der Waals surface area contributed by atoms with Gasteiger partial charge >= 0.3 is 5.97 Å². The van der Waals surface area contributed by atoms with Gasteiger partial charge in [0.05, 0.1) is 12.1 Å². The Kier molecular flexibility index (Phi) is 5.87. The summed E-state index contributed by atoms with van der Waals surface area (Å²) in [5.74, 6) is 0.935. The third-order valence-electron chi connectivity index (χ3n) is 4.67. The Hall–Kier alpha value is -0.860. The van der Waals surface area contributed by atoms with E-state index in [0.717, 1.165) is 5.71 Å². The van der Waals surface area contributed by atoms with E-state index in [9.17, 15) is 4.79 Å². The van der Waals surface area contributed by atoms with Gasteiger partial charge in [-0.25, -0.2) is 4.79 Å². The maximum atomic E-state index is 11.8. The van der Waals surface area contributed by atoms with Crippen LogP contribution >= 0.6 is 0 Å². The van der Waals surface area contributed by atoms with Gasteiger partial charge in [0, 0.05) is 5.92 Å². The lowest BCUT2D eigenvalue weighted by Crippen LogP contribution is -2.17. The van der Waals surface area contributed by atoms with E-state index in [1.807, 2.05) is 6.92 Å². The van der Waals surface area contributed by atoms with E-state index >= 15 is 0 Å². The number of rotatable bonds is 4. The molecule has 0 aliphatic heterocycles. The van der Waals surface area contributed by atoms with E-state index in [4.69, 9.17) is 4.84 Å². The Balaban J connectivity index is 1.71. The van der Waals surface area contributed by atoms with Crippen molar-refractivity contribution in [1.82, 2.24) is 0 Å². The summed E-state index contributed by atoms with van der Waals surface area (Å²) in [5, 5.41) is 4.08. The van der Waals surface area contributed by atoms with Crippen molar-refractivity contribution in [3.05, 3.63) is 0 Å². The lowest BCUT2D eigenvalue weighted by Gasteiger charge is -2.21. The maximum Gasteiger partial charge on any atom is 0.335 e. The zero-order valence-corrected chi connectivity index (χ0v) is 12.2. The van der Waals surface area contributed by atoms with Crippen molar-refractivity contribution < 1.29 is 9.63 Å². The lowest BCUT2D eigenvalue weighted by molar-refractivity contribution is -0.145. The molecule has 0 spiro atoms. The van der Waals surface area contributed by atoms with Gasteiger partial charge in [0.15, 0.2) is 0 Å². The Morgan fingerprint density at radius 2 is 1.58 bits per heavy atom. The second-order valence-electron chi connectivity index (χ2n) is 6.24. The van der Waals surface area contributed by atoms with Gasteiger partial charge in [-0.2, -0.15) is 0 Å². The third-order valence-corrected chi connectivity index (χ3v) is 4.67. The van der Waals surface area contributed by atoms with Crippen molar-refractivity contribution in [1.29, 1.82) is 0 Å². The number of nitrogens with zero attached hydrogens (tertiary/aromatic N) is 1. The van der Waals surface area contributed by atoms with Crippen molar-refractivity contribution in [2.24, 2.45) is 17.0 Å². The summed E-state index contributed by atoms with van der Waals surface area (Å²) in [7, 11) is 0. The van der Waals surface area contributed by atoms with E-state index in [1.54, 1.807) is 0 Å². The minimum absolute atomic E-state index is 0.137. The molecule has 0 bridgehead atoms. The molecule has 0 amide bonds. The summed E-state index contributed by atoms with van der Waals surface area (Å²) >= 11 is 0. The van der Waals surface area contributed by atoms with Gasteiger partial charge in [-0.15, -0.1) is 0 Å². The maximum absolute atomic E-state index is 11.8. The fourth-order valence-electron chi connectivity index (χ4n) is 3.38. The third kappa shape index (κ3) is 4.96. The number of carbonyl (C=O) groups is 1. The van der Waals surface area contributed by atoms with Crippen molar-refractivity contribution >= 4 is 11.7 Å². The number of hydrogen-bond donors (Lipinski definition) is 0. The van der Waals surface area contributed by atoms with Gasteiger partial charge in [0.25, 0.3) is 0 Å². The highest BCUT2D eigenvalue weighted by Crippen LogP contribution is 2.27. The predicted molar refractivity (Wildman–Crippen MR) is 77.0 cm³/mol. The molecular formula is C16H27NO2. The van der Waals surface area contributed by atoms with E-state index in [0.29, 0.717) is 18.3 Å². The van der Waals surface area contributed by atoms with Crippen LogP contribution in [0.25, 0.3) is 0 Å². The molecule has 108 valence electrons. The quantitative estimate of drug-likeness (QED) is 0.428. The first-order chi connectivity index (χ1) is 9.25. The molecule has 0 saturated heterocycles. The van der Waals surface area contributed by atoms with Crippen molar-refractivity contribution in [2.75, 3.05) is 0 Å².